The Morgan fingerprint density at radius 1 is 1.30 bits per heavy atom. The van der Waals surface area contributed by atoms with Crippen LogP contribution in [0.15, 0.2) is 12.1 Å². The molecule has 5 heteroatoms. The predicted molar refractivity (Wildman–Crippen MR) is 77.9 cm³/mol. The number of carbonyl (C=O) groups is 1. The number of carbonyl (C=O) groups excluding carboxylic acids is 1. The molecule has 0 atom stereocenters. The zero-order valence-electron chi connectivity index (χ0n) is 12.1. The first-order chi connectivity index (χ1) is 9.58. The molecule has 5 nitrogen and oxygen atoms in total. The van der Waals surface area contributed by atoms with E-state index in [0.717, 1.165) is 44.0 Å². The average Bonchev–Trinajstić information content (AvgIpc) is 2.44. The summed E-state index contributed by atoms with van der Waals surface area (Å²) in [6, 6.07) is 3.61. The lowest BCUT2D eigenvalue weighted by atomic mass is 10.0. The van der Waals surface area contributed by atoms with Crippen LogP contribution in [0.4, 0.5) is 5.69 Å². The molecule has 1 fully saturated rings. The van der Waals surface area contributed by atoms with Crippen molar-refractivity contribution < 1.29 is 14.3 Å². The maximum Gasteiger partial charge on any atom is 0.338 e. The number of benzene rings is 1. The maximum absolute atomic E-state index is 12.0. The van der Waals surface area contributed by atoms with Gasteiger partial charge in [0.15, 0.2) is 0 Å². The van der Waals surface area contributed by atoms with Crippen LogP contribution in [-0.2, 0) is 9.47 Å². The maximum atomic E-state index is 12.0. The molecule has 20 heavy (non-hydrogen) atoms. The number of morpholine rings is 1. The van der Waals surface area contributed by atoms with Crippen molar-refractivity contribution in [1.29, 1.82) is 0 Å². The molecule has 1 aliphatic heterocycles. The minimum Gasteiger partial charge on any atom is -0.461 e. The number of esters is 1. The number of nitrogens with two attached hydrogens (primary N) is 1. The molecule has 110 valence electrons. The van der Waals surface area contributed by atoms with Crippen LogP contribution in [0.3, 0.4) is 0 Å². The Balaban J connectivity index is 1.87. The van der Waals surface area contributed by atoms with Crippen LogP contribution in [0.25, 0.3) is 0 Å². The van der Waals surface area contributed by atoms with Crippen molar-refractivity contribution in [3.05, 3.63) is 28.8 Å². The third-order valence-electron chi connectivity index (χ3n) is 3.58. The first-order valence-corrected chi connectivity index (χ1v) is 6.92. The second-order valence-electron chi connectivity index (χ2n) is 5.11. The summed E-state index contributed by atoms with van der Waals surface area (Å²) < 4.78 is 10.6. The Bertz CT molecular complexity index is 482. The van der Waals surface area contributed by atoms with Crippen molar-refractivity contribution in [2.75, 3.05) is 45.2 Å². The van der Waals surface area contributed by atoms with E-state index in [4.69, 9.17) is 15.2 Å². The standard InChI is InChI=1S/C15H22N2O3/c1-11-9-12(2)14(16)10-13(11)15(18)20-8-5-17-3-6-19-7-4-17/h9-10H,3-8,16H2,1-2H3. The van der Waals surface area contributed by atoms with E-state index in [0.29, 0.717) is 17.9 Å². The van der Waals surface area contributed by atoms with Gasteiger partial charge < -0.3 is 15.2 Å². The van der Waals surface area contributed by atoms with Gasteiger partial charge in [-0.2, -0.15) is 0 Å². The SMILES string of the molecule is Cc1cc(C)c(C(=O)OCCN2CCOCC2)cc1N. The predicted octanol–water partition coefficient (Wildman–Crippen LogP) is 1.37. The van der Waals surface area contributed by atoms with E-state index in [1.807, 2.05) is 19.9 Å². The number of aryl methyl sites for hydroxylation is 2. The van der Waals surface area contributed by atoms with Crippen LogP contribution in [0.2, 0.25) is 0 Å². The van der Waals surface area contributed by atoms with Crippen molar-refractivity contribution in [1.82, 2.24) is 4.90 Å². The molecular formula is C15H22N2O3. The van der Waals surface area contributed by atoms with Gasteiger partial charge in [0.2, 0.25) is 0 Å². The number of hydrogen-bond donors (Lipinski definition) is 1. The number of nitrogen functional groups attached to an aromatic ring is 1. The van der Waals surface area contributed by atoms with Gasteiger partial charge in [0, 0.05) is 25.3 Å². The molecule has 0 unspecified atom stereocenters. The molecular weight excluding hydrogens is 256 g/mol. The summed E-state index contributed by atoms with van der Waals surface area (Å²) in [5.41, 5.74) is 8.89. The monoisotopic (exact) mass is 278 g/mol. The molecule has 1 aromatic carbocycles. The smallest absolute Gasteiger partial charge is 0.338 e. The fourth-order valence-electron chi connectivity index (χ4n) is 2.26. The largest absolute Gasteiger partial charge is 0.461 e. The highest BCUT2D eigenvalue weighted by Gasteiger charge is 2.14. The van der Waals surface area contributed by atoms with Crippen LogP contribution in [-0.4, -0.2) is 50.3 Å². The summed E-state index contributed by atoms with van der Waals surface area (Å²) in [5, 5.41) is 0. The van der Waals surface area contributed by atoms with E-state index in [9.17, 15) is 4.79 Å². The van der Waals surface area contributed by atoms with Crippen molar-refractivity contribution in [3.8, 4) is 0 Å². The summed E-state index contributed by atoms with van der Waals surface area (Å²) >= 11 is 0. The number of ether oxygens (including phenoxy) is 2. The van der Waals surface area contributed by atoms with Crippen molar-refractivity contribution in [2.45, 2.75) is 13.8 Å². The number of nitrogens with zero attached hydrogens (tertiary/aromatic N) is 1. The fraction of sp³-hybridized carbons (Fsp3) is 0.533. The number of anilines is 1. The van der Waals surface area contributed by atoms with E-state index in [-0.39, 0.29) is 5.97 Å². The van der Waals surface area contributed by atoms with Crippen LogP contribution < -0.4 is 5.73 Å². The molecule has 0 spiro atoms. The molecule has 0 aromatic heterocycles. The average molecular weight is 278 g/mol. The third kappa shape index (κ3) is 3.71. The molecule has 1 heterocycles. The summed E-state index contributed by atoms with van der Waals surface area (Å²) in [7, 11) is 0. The first-order valence-electron chi connectivity index (χ1n) is 6.92. The normalized spacial score (nSPS) is 16.1. The van der Waals surface area contributed by atoms with Crippen molar-refractivity contribution in [3.63, 3.8) is 0 Å². The summed E-state index contributed by atoms with van der Waals surface area (Å²) in [6.45, 7) is 8.26. The van der Waals surface area contributed by atoms with E-state index in [1.165, 1.54) is 0 Å². The van der Waals surface area contributed by atoms with E-state index in [1.54, 1.807) is 6.07 Å². The Morgan fingerprint density at radius 3 is 2.70 bits per heavy atom. The molecule has 0 aliphatic carbocycles. The number of rotatable bonds is 4. The Labute approximate surface area is 119 Å². The molecule has 2 N–H and O–H groups in total. The lowest BCUT2D eigenvalue weighted by Gasteiger charge is -2.26. The first kappa shape index (κ1) is 14.8. The van der Waals surface area contributed by atoms with Crippen LogP contribution in [0, 0.1) is 13.8 Å². The van der Waals surface area contributed by atoms with Gasteiger partial charge in [-0.15, -0.1) is 0 Å². The van der Waals surface area contributed by atoms with Gasteiger partial charge in [-0.1, -0.05) is 6.07 Å². The summed E-state index contributed by atoms with van der Waals surface area (Å²) in [4.78, 5) is 14.3. The second kappa shape index (κ2) is 6.72. The van der Waals surface area contributed by atoms with Gasteiger partial charge in [-0.25, -0.2) is 4.79 Å². The molecule has 2 rings (SSSR count). The quantitative estimate of drug-likeness (QED) is 0.666. The van der Waals surface area contributed by atoms with E-state index < -0.39 is 0 Å². The zero-order valence-corrected chi connectivity index (χ0v) is 12.1. The van der Waals surface area contributed by atoms with Crippen molar-refractivity contribution in [2.24, 2.45) is 0 Å². The molecule has 0 bridgehead atoms. The lowest BCUT2D eigenvalue weighted by molar-refractivity contribution is 0.0195. The van der Waals surface area contributed by atoms with Gasteiger partial charge in [-0.05, 0) is 31.0 Å². The Kier molecular flexibility index (Phi) is 4.98. The highest BCUT2D eigenvalue weighted by Crippen LogP contribution is 2.18. The second-order valence-corrected chi connectivity index (χ2v) is 5.11. The lowest BCUT2D eigenvalue weighted by Crippen LogP contribution is -2.38. The minimum absolute atomic E-state index is 0.303. The van der Waals surface area contributed by atoms with Crippen LogP contribution in [0.1, 0.15) is 21.5 Å². The van der Waals surface area contributed by atoms with Crippen LogP contribution >= 0.6 is 0 Å². The Morgan fingerprint density at radius 2 is 2.00 bits per heavy atom. The topological polar surface area (TPSA) is 64.8 Å². The minimum atomic E-state index is -0.303. The zero-order chi connectivity index (χ0) is 14.5. The molecule has 0 amide bonds. The highest BCUT2D eigenvalue weighted by atomic mass is 16.5. The van der Waals surface area contributed by atoms with Crippen molar-refractivity contribution >= 4 is 11.7 Å². The van der Waals surface area contributed by atoms with Gasteiger partial charge in [0.05, 0.1) is 18.8 Å². The number of hydrogen-bond acceptors (Lipinski definition) is 5. The molecule has 1 aromatic rings. The highest BCUT2D eigenvalue weighted by molar-refractivity contribution is 5.92. The summed E-state index contributed by atoms with van der Waals surface area (Å²) in [5.74, 6) is -0.303. The molecule has 1 saturated heterocycles. The molecule has 1 aliphatic rings. The third-order valence-corrected chi connectivity index (χ3v) is 3.58. The van der Waals surface area contributed by atoms with Gasteiger partial charge in [0.1, 0.15) is 6.61 Å². The van der Waals surface area contributed by atoms with Gasteiger partial charge >= 0.3 is 5.97 Å². The van der Waals surface area contributed by atoms with E-state index in [2.05, 4.69) is 4.90 Å². The van der Waals surface area contributed by atoms with E-state index >= 15 is 0 Å². The fourth-order valence-corrected chi connectivity index (χ4v) is 2.26. The molecule has 0 saturated carbocycles. The van der Waals surface area contributed by atoms with Gasteiger partial charge in [0.25, 0.3) is 0 Å². The van der Waals surface area contributed by atoms with Gasteiger partial charge in [-0.3, -0.25) is 4.90 Å². The van der Waals surface area contributed by atoms with Crippen LogP contribution in [0.5, 0.6) is 0 Å². The Hall–Kier alpha value is -1.59. The molecule has 0 radical (unpaired) electrons. The summed E-state index contributed by atoms with van der Waals surface area (Å²) in [6.07, 6.45) is 0.